The molecule has 0 spiro atoms. The van der Waals surface area contributed by atoms with Gasteiger partial charge in [-0.2, -0.15) is 29.9 Å². The van der Waals surface area contributed by atoms with Gasteiger partial charge in [-0.25, -0.2) is 16.8 Å². The number of hydrogen-bond donors (Lipinski definition) is 4. The number of nitrogens with one attached hydrogen (secondary N) is 4. The molecular weight excluding hydrogens is 1070 g/mol. The minimum atomic E-state index is -5.33. The van der Waals surface area contributed by atoms with Crippen LogP contribution >= 0.6 is 0 Å². The van der Waals surface area contributed by atoms with Crippen LogP contribution in [0.3, 0.4) is 0 Å². The van der Waals surface area contributed by atoms with Gasteiger partial charge in [0, 0.05) is 22.7 Å². The van der Waals surface area contributed by atoms with E-state index in [-0.39, 0.29) is 212 Å². The number of para-hydroxylation sites is 2. The van der Waals surface area contributed by atoms with E-state index in [1.165, 1.54) is 12.1 Å². The topological polar surface area (TPSA) is 407 Å². The molecule has 34 heteroatoms. The predicted octanol–water partition coefficient (Wildman–Crippen LogP) is -20.4. The molecule has 26 nitrogen and oxygen atoms in total. The Bertz CT molecular complexity index is 2920. The molecule has 0 aliphatic rings. The number of anilines is 10. The number of nitrogens with zero attached hydrogens (tertiary/aromatic N) is 8. The number of hydrogen-bond acceptors (Lipinski definition) is 26. The summed E-state index contributed by atoms with van der Waals surface area (Å²) in [6, 6.07) is 23.0. The van der Waals surface area contributed by atoms with Crippen LogP contribution in [0.15, 0.2) is 107 Å². The van der Waals surface area contributed by atoms with Gasteiger partial charge in [-0.3, -0.25) is 0 Å². The van der Waals surface area contributed by atoms with Gasteiger partial charge in [0.25, 0.3) is 0 Å². The summed E-state index contributed by atoms with van der Waals surface area (Å²) in [7, 11) is -10.7. The maximum atomic E-state index is 12.6. The Morgan fingerprint density at radius 3 is 0.946 bits per heavy atom. The van der Waals surface area contributed by atoms with Crippen LogP contribution in [0.1, 0.15) is 11.1 Å². The molecule has 0 saturated heterocycles. The zero-order valence-corrected chi connectivity index (χ0v) is 54.0. The van der Waals surface area contributed by atoms with Crippen molar-refractivity contribution < 1.29 is 243 Å². The maximum absolute atomic E-state index is 12.6. The second-order valence-corrected chi connectivity index (χ2v) is 16.4. The summed E-state index contributed by atoms with van der Waals surface area (Å²) in [6.07, 6.45) is 2.05. The zero-order valence-electron chi connectivity index (χ0n) is 40.3. The molecular formula is C40H30N12Na6O14S2. The van der Waals surface area contributed by atoms with E-state index in [4.69, 9.17) is 0 Å². The molecule has 0 fully saturated rings. The van der Waals surface area contributed by atoms with Crippen molar-refractivity contribution in [2.75, 3.05) is 57.2 Å². The summed E-state index contributed by atoms with van der Waals surface area (Å²) >= 11 is 0. The molecule has 6 aromatic rings. The monoisotopic (exact) mass is 1100 g/mol. The largest absolute Gasteiger partial charge is 1.00 e. The van der Waals surface area contributed by atoms with Gasteiger partial charge in [0.2, 0.25) is 35.7 Å². The van der Waals surface area contributed by atoms with Gasteiger partial charge in [0.1, 0.15) is 20.2 Å². The summed E-state index contributed by atoms with van der Waals surface area (Å²) in [5.74, 6) is -9.02. The molecule has 2 heterocycles. The number of aromatic nitrogens is 6. The van der Waals surface area contributed by atoms with Crippen LogP contribution in [-0.4, -0.2) is 106 Å². The van der Waals surface area contributed by atoms with Crippen LogP contribution in [0.5, 0.6) is 0 Å². The second kappa shape index (κ2) is 32.8. The average Bonchev–Trinajstić information content (AvgIpc) is 3.25. The third-order valence-electron chi connectivity index (χ3n) is 8.67. The van der Waals surface area contributed by atoms with Crippen LogP contribution < -0.4 is 229 Å². The molecule has 74 heavy (non-hydrogen) atoms. The number of carbonyl (C=O) groups is 4. The smallest absolute Gasteiger partial charge is 0.744 e. The third kappa shape index (κ3) is 22.2. The van der Waals surface area contributed by atoms with E-state index in [1.807, 2.05) is 0 Å². The Morgan fingerprint density at radius 2 is 0.689 bits per heavy atom. The number of carboxylic acid groups (broad SMARTS) is 4. The van der Waals surface area contributed by atoms with Gasteiger partial charge in [-0.15, -0.1) is 0 Å². The van der Waals surface area contributed by atoms with Gasteiger partial charge < -0.3 is 79.8 Å². The molecule has 0 amide bonds. The van der Waals surface area contributed by atoms with E-state index in [2.05, 4.69) is 51.2 Å². The summed E-state index contributed by atoms with van der Waals surface area (Å²) in [5.41, 5.74) is -0.00259. The van der Waals surface area contributed by atoms with Crippen LogP contribution in [0, 0.1) is 0 Å². The van der Waals surface area contributed by atoms with Crippen molar-refractivity contribution >= 4 is 115 Å². The Kier molecular flexibility index (Phi) is 31.5. The predicted molar refractivity (Wildman–Crippen MR) is 228 cm³/mol. The standard InChI is InChI=1S/C40H36N12O14S2.6Na/c53-31(54)19-51(20-32(55)56)39-47-35(41-25-7-3-1-4-8-25)45-37(49-39)43-27-15-13-23(29(17-27)67(61,62)63)11-12-24-14-16-28(18-30(24)68(64,65)66)44-38-46-36(42-26-9-5-2-6-10-26)48-40(50-38)52(21-33(57)58)22-34(59)60;;;;;;/h1-18H,19-22H2,(H,53,54)(H,55,56)(H,57,58)(H,59,60)(H,61,62,63)(H,64,65,66)(H2,41,43,45,47,49)(H2,42,44,46,48,50);;;;;;/q;6*+1/p-6/b12-11+;;;;;;. The number of benzene rings is 4. The minimum Gasteiger partial charge on any atom is -0.744 e. The average molecular weight is 1100 g/mol. The first kappa shape index (κ1) is 71.1. The van der Waals surface area contributed by atoms with Crippen molar-refractivity contribution in [3.8, 4) is 0 Å². The minimum absolute atomic E-state index is 0. The van der Waals surface area contributed by atoms with E-state index in [0.29, 0.717) is 21.2 Å². The Morgan fingerprint density at radius 1 is 0.419 bits per heavy atom. The molecule has 0 unspecified atom stereocenters. The van der Waals surface area contributed by atoms with Crippen LogP contribution in [0.4, 0.5) is 58.4 Å². The van der Waals surface area contributed by atoms with Crippen LogP contribution in [0.2, 0.25) is 0 Å². The molecule has 0 saturated carbocycles. The fraction of sp³-hybridized carbons (Fsp3) is 0.100. The molecule has 2 aromatic heterocycles. The van der Waals surface area contributed by atoms with E-state index in [9.17, 15) is 65.5 Å². The Hall–Kier alpha value is -2.86. The fourth-order valence-corrected chi connectivity index (χ4v) is 7.32. The summed E-state index contributed by atoms with van der Waals surface area (Å²) < 4.78 is 75.5. The Labute approximate surface area is 554 Å². The van der Waals surface area contributed by atoms with Gasteiger partial charge in [0.15, 0.2) is 0 Å². The second-order valence-electron chi connectivity index (χ2n) is 13.7. The van der Waals surface area contributed by atoms with E-state index in [0.717, 1.165) is 36.4 Å². The van der Waals surface area contributed by atoms with Crippen molar-refractivity contribution in [2.24, 2.45) is 0 Å². The van der Waals surface area contributed by atoms with E-state index >= 15 is 0 Å². The van der Waals surface area contributed by atoms with Gasteiger partial charge in [-0.05, 0) is 59.7 Å². The van der Waals surface area contributed by atoms with Crippen molar-refractivity contribution in [2.45, 2.75) is 9.79 Å². The molecule has 6 rings (SSSR count). The van der Waals surface area contributed by atoms with E-state index < -0.39 is 104 Å². The molecule has 352 valence electrons. The number of rotatable bonds is 22. The number of carboxylic acids is 4. The molecule has 0 aliphatic heterocycles. The molecule has 0 radical (unpaired) electrons. The SMILES string of the molecule is O=C([O-])CN(CC(=O)[O-])c1nc(Nc2ccccc2)nc(Nc2ccc(/C=C/c3ccc(Nc4nc(Nc5ccccc5)nc(N(CC(=O)[O-])CC(=O)[O-])n4)cc3S(=O)(=O)[O-])c(S(=O)(=O)[O-])c2)n1.[Na+].[Na+].[Na+].[Na+].[Na+].[Na+]. The first-order chi connectivity index (χ1) is 32.2. The molecule has 4 N–H and O–H groups in total. The summed E-state index contributed by atoms with van der Waals surface area (Å²) in [6.45, 7) is -3.98. The number of carbonyl (C=O) groups excluding carboxylic acids is 4. The third-order valence-corrected chi connectivity index (χ3v) is 10.5. The molecule has 0 bridgehead atoms. The van der Waals surface area contributed by atoms with Gasteiger partial charge >= 0.3 is 177 Å². The van der Waals surface area contributed by atoms with Crippen molar-refractivity contribution in [3.05, 3.63) is 108 Å². The van der Waals surface area contributed by atoms with Gasteiger partial charge in [0.05, 0.1) is 59.8 Å². The van der Waals surface area contributed by atoms with Gasteiger partial charge in [-0.1, -0.05) is 60.7 Å². The van der Waals surface area contributed by atoms with Crippen molar-refractivity contribution in [3.63, 3.8) is 0 Å². The normalized spacial score (nSPS) is 10.5. The molecule has 0 aliphatic carbocycles. The maximum Gasteiger partial charge on any atom is 1.00 e. The molecule has 0 atom stereocenters. The first-order valence-corrected chi connectivity index (χ1v) is 21.9. The molecule has 4 aromatic carbocycles. The van der Waals surface area contributed by atoms with Crippen molar-refractivity contribution in [1.29, 1.82) is 0 Å². The van der Waals surface area contributed by atoms with Crippen LogP contribution in [-0.2, 0) is 39.4 Å². The summed E-state index contributed by atoms with van der Waals surface area (Å²) in [4.78, 5) is 70.2. The number of aliphatic carboxylic acids is 4. The van der Waals surface area contributed by atoms with Crippen molar-refractivity contribution in [1.82, 2.24) is 29.9 Å². The quantitative estimate of drug-likeness (QED) is 0.0279. The first-order valence-electron chi connectivity index (χ1n) is 19.1. The fourth-order valence-electron chi connectivity index (χ4n) is 5.93. The Balaban J connectivity index is 0.00000888. The summed E-state index contributed by atoms with van der Waals surface area (Å²) in [5, 5.41) is 56.8. The van der Waals surface area contributed by atoms with E-state index in [1.54, 1.807) is 60.7 Å². The zero-order chi connectivity index (χ0) is 49.2. The van der Waals surface area contributed by atoms with Crippen LogP contribution in [0.25, 0.3) is 12.2 Å².